The lowest BCUT2D eigenvalue weighted by Crippen LogP contribution is -2.26. The van der Waals surface area contributed by atoms with Crippen LogP contribution in [0.2, 0.25) is 0 Å². The van der Waals surface area contributed by atoms with Crippen molar-refractivity contribution < 1.29 is 4.79 Å². The van der Waals surface area contributed by atoms with E-state index in [1.165, 1.54) is 12.4 Å². The molecule has 0 bridgehead atoms. The van der Waals surface area contributed by atoms with E-state index in [1.54, 1.807) is 0 Å². The number of nitrogens with zero attached hydrogens (tertiary/aromatic N) is 1. The molecule has 0 aliphatic heterocycles. The first-order valence-corrected chi connectivity index (χ1v) is 2.08. The van der Waals surface area contributed by atoms with E-state index in [4.69, 9.17) is 0 Å². The molecule has 0 aromatic rings. The molecule has 1 amide bonds. The van der Waals surface area contributed by atoms with E-state index in [-0.39, 0.29) is 0 Å². The number of carbonyl (C=O) groups is 1. The number of nitrogens with one attached hydrogen (secondary N) is 1. The van der Waals surface area contributed by atoms with Crippen LogP contribution in [0.3, 0.4) is 0 Å². The molecule has 1 N–H and O–H groups in total. The fourth-order valence-corrected chi connectivity index (χ4v) is 0.232. The molecule has 0 atom stereocenters. The van der Waals surface area contributed by atoms with Gasteiger partial charge in [-0.3, -0.25) is 4.79 Å². The van der Waals surface area contributed by atoms with E-state index in [0.717, 1.165) is 5.01 Å². The fraction of sp³-hybridized carbons (Fsp3) is 0. The van der Waals surface area contributed by atoms with E-state index < -0.39 is 0 Å². The zero-order valence-electron chi connectivity index (χ0n) is 4.50. The standard InChI is InChI=1S/C5H8N2O/c1-3-6-7(4-2)5-8/h3-6H,1-2H2. The summed E-state index contributed by atoms with van der Waals surface area (Å²) in [4.78, 5) is 9.87. The van der Waals surface area contributed by atoms with Gasteiger partial charge in [-0.2, -0.15) is 0 Å². The number of carbonyl (C=O) groups excluding carboxylic acids is 1. The van der Waals surface area contributed by atoms with Gasteiger partial charge >= 0.3 is 0 Å². The van der Waals surface area contributed by atoms with Crippen molar-refractivity contribution in [2.24, 2.45) is 0 Å². The normalized spacial score (nSPS) is 7.00. The summed E-state index contributed by atoms with van der Waals surface area (Å²) >= 11 is 0. The van der Waals surface area contributed by atoms with Crippen LogP contribution in [0.15, 0.2) is 25.6 Å². The predicted molar refractivity (Wildman–Crippen MR) is 31.4 cm³/mol. The average molecular weight is 112 g/mol. The second-order valence-electron chi connectivity index (χ2n) is 1.03. The maximum absolute atomic E-state index is 9.87. The summed E-state index contributed by atoms with van der Waals surface area (Å²) in [5, 5.41) is 1.15. The Morgan fingerprint density at radius 3 is 2.25 bits per heavy atom. The smallest absolute Gasteiger partial charge is 0.232 e. The van der Waals surface area contributed by atoms with Crippen molar-refractivity contribution in [1.29, 1.82) is 0 Å². The molecule has 3 heteroatoms. The van der Waals surface area contributed by atoms with Gasteiger partial charge in [0.2, 0.25) is 6.41 Å². The fourth-order valence-electron chi connectivity index (χ4n) is 0.232. The second kappa shape index (κ2) is 3.92. The summed E-state index contributed by atoms with van der Waals surface area (Å²) in [5.74, 6) is 0. The maximum Gasteiger partial charge on any atom is 0.232 e. The molecule has 0 spiro atoms. The lowest BCUT2D eigenvalue weighted by molar-refractivity contribution is -0.117. The quantitative estimate of drug-likeness (QED) is 0.417. The molecule has 0 radical (unpaired) electrons. The van der Waals surface area contributed by atoms with Crippen molar-refractivity contribution in [3.63, 3.8) is 0 Å². The Bertz CT molecular complexity index is 92.6. The Balaban J connectivity index is 3.50. The van der Waals surface area contributed by atoms with Gasteiger partial charge in [-0.25, -0.2) is 5.01 Å². The molecule has 0 saturated carbocycles. The highest BCUT2D eigenvalue weighted by atomic mass is 16.1. The highest BCUT2D eigenvalue weighted by Crippen LogP contribution is 1.71. The van der Waals surface area contributed by atoms with Gasteiger partial charge in [0.25, 0.3) is 0 Å². The highest BCUT2D eigenvalue weighted by molar-refractivity contribution is 5.47. The number of hydrogen-bond acceptors (Lipinski definition) is 2. The first-order chi connectivity index (χ1) is 3.85. The van der Waals surface area contributed by atoms with Gasteiger partial charge in [-0.05, 0) is 0 Å². The summed E-state index contributed by atoms with van der Waals surface area (Å²) in [6.45, 7) is 6.67. The minimum Gasteiger partial charge on any atom is -0.300 e. The number of hydrogen-bond donors (Lipinski definition) is 1. The largest absolute Gasteiger partial charge is 0.300 e. The Morgan fingerprint density at radius 2 is 2.12 bits per heavy atom. The molecule has 0 fully saturated rings. The summed E-state index contributed by atoms with van der Waals surface area (Å²) in [6, 6.07) is 0. The van der Waals surface area contributed by atoms with Crippen molar-refractivity contribution in [1.82, 2.24) is 10.4 Å². The molecule has 44 valence electrons. The Hall–Kier alpha value is -1.25. The van der Waals surface area contributed by atoms with Crippen molar-refractivity contribution in [3.05, 3.63) is 25.6 Å². The van der Waals surface area contributed by atoms with Crippen LogP contribution in [0, 0.1) is 0 Å². The molecule has 0 aromatic carbocycles. The lowest BCUT2D eigenvalue weighted by atomic mass is 10.9. The zero-order valence-corrected chi connectivity index (χ0v) is 4.50. The molecule has 0 aromatic heterocycles. The monoisotopic (exact) mass is 112 g/mol. The van der Waals surface area contributed by atoms with E-state index in [9.17, 15) is 4.79 Å². The van der Waals surface area contributed by atoms with Gasteiger partial charge in [0.15, 0.2) is 0 Å². The molecule has 0 saturated heterocycles. The van der Waals surface area contributed by atoms with E-state index in [2.05, 4.69) is 18.6 Å². The van der Waals surface area contributed by atoms with Crippen LogP contribution in [-0.2, 0) is 4.79 Å². The number of hydrazine groups is 1. The van der Waals surface area contributed by atoms with Crippen LogP contribution in [-0.4, -0.2) is 11.4 Å². The Labute approximate surface area is 48.3 Å². The van der Waals surface area contributed by atoms with Crippen LogP contribution in [0.25, 0.3) is 0 Å². The highest BCUT2D eigenvalue weighted by Gasteiger charge is 1.83. The molecule has 0 aliphatic rings. The topological polar surface area (TPSA) is 32.3 Å². The number of amides is 1. The zero-order chi connectivity index (χ0) is 6.41. The molecule has 0 heterocycles. The van der Waals surface area contributed by atoms with E-state index in [0.29, 0.717) is 6.41 Å². The van der Waals surface area contributed by atoms with Gasteiger partial charge in [0, 0.05) is 12.4 Å². The minimum absolute atomic E-state index is 0.592. The van der Waals surface area contributed by atoms with Gasteiger partial charge in [-0.1, -0.05) is 13.2 Å². The summed E-state index contributed by atoms with van der Waals surface area (Å²) in [5.41, 5.74) is 2.49. The Kier molecular flexibility index (Phi) is 3.31. The van der Waals surface area contributed by atoms with Crippen LogP contribution >= 0.6 is 0 Å². The second-order valence-corrected chi connectivity index (χ2v) is 1.03. The van der Waals surface area contributed by atoms with Crippen LogP contribution < -0.4 is 5.43 Å². The maximum atomic E-state index is 9.87. The van der Waals surface area contributed by atoms with E-state index >= 15 is 0 Å². The van der Waals surface area contributed by atoms with Gasteiger partial charge in [0.1, 0.15) is 0 Å². The summed E-state index contributed by atoms with van der Waals surface area (Å²) < 4.78 is 0. The first-order valence-electron chi connectivity index (χ1n) is 2.08. The molecule has 0 rings (SSSR count). The lowest BCUT2D eigenvalue weighted by Gasteiger charge is -2.08. The third-order valence-corrected chi connectivity index (χ3v) is 0.551. The predicted octanol–water partition coefficient (Wildman–Crippen LogP) is 0.236. The van der Waals surface area contributed by atoms with Crippen LogP contribution in [0.4, 0.5) is 0 Å². The summed E-state index contributed by atoms with van der Waals surface area (Å²) in [7, 11) is 0. The number of rotatable bonds is 4. The molecule has 8 heavy (non-hydrogen) atoms. The Morgan fingerprint density at radius 1 is 1.50 bits per heavy atom. The van der Waals surface area contributed by atoms with Crippen molar-refractivity contribution in [2.75, 3.05) is 0 Å². The molecule has 0 aliphatic carbocycles. The molecular formula is C5H8N2O. The van der Waals surface area contributed by atoms with Crippen molar-refractivity contribution in [2.45, 2.75) is 0 Å². The van der Waals surface area contributed by atoms with E-state index in [1.807, 2.05) is 0 Å². The van der Waals surface area contributed by atoms with Crippen LogP contribution in [0.1, 0.15) is 0 Å². The molecule has 0 unspecified atom stereocenters. The summed E-state index contributed by atoms with van der Waals surface area (Å²) in [6.07, 6.45) is 3.32. The third kappa shape index (κ3) is 2.02. The first kappa shape index (κ1) is 6.75. The SMILES string of the molecule is C=CNN(C=C)C=O. The average Bonchev–Trinajstić information content (AvgIpc) is 1.83. The van der Waals surface area contributed by atoms with Crippen molar-refractivity contribution >= 4 is 6.41 Å². The van der Waals surface area contributed by atoms with Gasteiger partial charge in [-0.15, -0.1) is 0 Å². The molecule has 3 nitrogen and oxygen atoms in total. The molecular weight excluding hydrogens is 104 g/mol. The van der Waals surface area contributed by atoms with Gasteiger partial charge in [0.05, 0.1) is 0 Å². The van der Waals surface area contributed by atoms with Crippen molar-refractivity contribution in [3.8, 4) is 0 Å². The van der Waals surface area contributed by atoms with Crippen LogP contribution in [0.5, 0.6) is 0 Å². The minimum atomic E-state index is 0.592. The van der Waals surface area contributed by atoms with Gasteiger partial charge < -0.3 is 5.43 Å². The third-order valence-electron chi connectivity index (χ3n) is 0.551.